The number of fused-ring (bicyclic) bond motifs is 3. The second-order valence-corrected chi connectivity index (χ2v) is 5.39. The minimum Gasteiger partial charge on any atom is -0.489 e. The lowest BCUT2D eigenvalue weighted by Crippen LogP contribution is -1.98. The molecule has 0 spiro atoms. The molecule has 0 saturated heterocycles. The first-order valence-electron chi connectivity index (χ1n) is 7.29. The fraction of sp³-hybridized carbons (Fsp3) is 0.100. The molecule has 1 heteroatoms. The SMILES string of the molecule is c1ccc(COc2cccc3c2Cc2ccccc2-3)cc1. The second-order valence-electron chi connectivity index (χ2n) is 5.39. The number of rotatable bonds is 3. The minimum atomic E-state index is 0.619. The quantitative estimate of drug-likeness (QED) is 0.518. The van der Waals surface area contributed by atoms with Crippen LogP contribution in [0.25, 0.3) is 11.1 Å². The van der Waals surface area contributed by atoms with Gasteiger partial charge in [-0.25, -0.2) is 0 Å². The molecule has 0 aromatic heterocycles. The molecule has 3 aromatic rings. The second kappa shape index (κ2) is 5.10. The summed E-state index contributed by atoms with van der Waals surface area (Å²) >= 11 is 0. The van der Waals surface area contributed by atoms with Gasteiger partial charge in [0.05, 0.1) is 0 Å². The van der Waals surface area contributed by atoms with Gasteiger partial charge in [0, 0.05) is 12.0 Å². The van der Waals surface area contributed by atoms with Crippen molar-refractivity contribution in [3.63, 3.8) is 0 Å². The predicted octanol–water partition coefficient (Wildman–Crippen LogP) is 4.84. The van der Waals surface area contributed by atoms with Gasteiger partial charge in [0.25, 0.3) is 0 Å². The smallest absolute Gasteiger partial charge is 0.123 e. The van der Waals surface area contributed by atoms with E-state index in [0.717, 1.165) is 12.2 Å². The van der Waals surface area contributed by atoms with E-state index < -0.39 is 0 Å². The third-order valence-corrected chi connectivity index (χ3v) is 4.04. The number of hydrogen-bond donors (Lipinski definition) is 0. The van der Waals surface area contributed by atoms with E-state index in [9.17, 15) is 0 Å². The highest BCUT2D eigenvalue weighted by Crippen LogP contribution is 2.41. The average Bonchev–Trinajstić information content (AvgIpc) is 2.93. The van der Waals surface area contributed by atoms with Gasteiger partial charge in [-0.1, -0.05) is 66.7 Å². The maximum atomic E-state index is 6.07. The van der Waals surface area contributed by atoms with Gasteiger partial charge in [0.15, 0.2) is 0 Å². The van der Waals surface area contributed by atoms with Gasteiger partial charge in [-0.05, 0) is 28.3 Å². The summed E-state index contributed by atoms with van der Waals surface area (Å²) in [6, 6.07) is 25.3. The Balaban J connectivity index is 1.64. The lowest BCUT2D eigenvalue weighted by Gasteiger charge is -2.11. The standard InChI is InChI=1S/C20H16O/c1-2-7-15(8-3-1)14-21-20-12-6-11-18-17-10-5-4-9-16(17)13-19(18)20/h1-12H,13-14H2. The van der Waals surface area contributed by atoms with Gasteiger partial charge in [-0.15, -0.1) is 0 Å². The molecule has 0 heterocycles. The van der Waals surface area contributed by atoms with Crippen LogP contribution in [0.2, 0.25) is 0 Å². The molecular formula is C20H16O. The molecule has 0 unspecified atom stereocenters. The first-order valence-corrected chi connectivity index (χ1v) is 7.29. The summed E-state index contributed by atoms with van der Waals surface area (Å²) in [6.07, 6.45) is 0.969. The van der Waals surface area contributed by atoms with Crippen LogP contribution in [0.3, 0.4) is 0 Å². The van der Waals surface area contributed by atoms with Gasteiger partial charge in [-0.3, -0.25) is 0 Å². The van der Waals surface area contributed by atoms with Crippen molar-refractivity contribution in [1.29, 1.82) is 0 Å². The Bertz CT molecular complexity index is 775. The average molecular weight is 272 g/mol. The highest BCUT2D eigenvalue weighted by molar-refractivity contribution is 5.78. The van der Waals surface area contributed by atoms with Crippen LogP contribution in [0.15, 0.2) is 72.8 Å². The van der Waals surface area contributed by atoms with Gasteiger partial charge in [0.1, 0.15) is 12.4 Å². The molecule has 0 amide bonds. The fourth-order valence-electron chi connectivity index (χ4n) is 3.00. The summed E-state index contributed by atoms with van der Waals surface area (Å²) in [5.74, 6) is 1.01. The molecule has 1 aliphatic rings. The van der Waals surface area contributed by atoms with Crippen molar-refractivity contribution in [3.8, 4) is 16.9 Å². The van der Waals surface area contributed by atoms with Crippen LogP contribution in [0, 0.1) is 0 Å². The molecule has 0 saturated carbocycles. The Morgan fingerprint density at radius 2 is 1.48 bits per heavy atom. The van der Waals surface area contributed by atoms with Gasteiger partial charge >= 0.3 is 0 Å². The Kier molecular flexibility index (Phi) is 2.97. The summed E-state index contributed by atoms with van der Waals surface area (Å²) in [6.45, 7) is 0.619. The van der Waals surface area contributed by atoms with Gasteiger partial charge in [0.2, 0.25) is 0 Å². The van der Waals surface area contributed by atoms with Crippen molar-refractivity contribution < 1.29 is 4.74 Å². The van der Waals surface area contributed by atoms with Crippen molar-refractivity contribution in [1.82, 2.24) is 0 Å². The first kappa shape index (κ1) is 12.2. The summed E-state index contributed by atoms with van der Waals surface area (Å²) < 4.78 is 6.07. The van der Waals surface area contributed by atoms with Crippen LogP contribution in [-0.4, -0.2) is 0 Å². The van der Waals surface area contributed by atoms with Gasteiger partial charge in [-0.2, -0.15) is 0 Å². The molecule has 1 nitrogen and oxygen atoms in total. The zero-order valence-corrected chi connectivity index (χ0v) is 11.8. The fourth-order valence-corrected chi connectivity index (χ4v) is 3.00. The van der Waals surface area contributed by atoms with E-state index in [2.05, 4.69) is 54.6 Å². The Hall–Kier alpha value is -2.54. The van der Waals surface area contributed by atoms with Crippen LogP contribution in [0.1, 0.15) is 16.7 Å². The van der Waals surface area contributed by atoms with Crippen molar-refractivity contribution >= 4 is 0 Å². The first-order chi connectivity index (χ1) is 10.4. The molecule has 0 radical (unpaired) electrons. The molecule has 0 fully saturated rings. The molecular weight excluding hydrogens is 256 g/mol. The third-order valence-electron chi connectivity index (χ3n) is 4.04. The molecule has 0 aliphatic heterocycles. The van der Waals surface area contributed by atoms with E-state index in [1.54, 1.807) is 0 Å². The number of ether oxygens (including phenoxy) is 1. The largest absolute Gasteiger partial charge is 0.489 e. The lowest BCUT2D eigenvalue weighted by atomic mass is 10.1. The van der Waals surface area contributed by atoms with E-state index in [0.29, 0.717) is 6.61 Å². The van der Waals surface area contributed by atoms with Crippen LogP contribution < -0.4 is 4.74 Å². The molecule has 21 heavy (non-hydrogen) atoms. The Morgan fingerprint density at radius 1 is 0.714 bits per heavy atom. The van der Waals surface area contributed by atoms with Crippen molar-refractivity contribution in [2.75, 3.05) is 0 Å². The topological polar surface area (TPSA) is 9.23 Å². The monoisotopic (exact) mass is 272 g/mol. The third kappa shape index (κ3) is 2.21. The summed E-state index contributed by atoms with van der Waals surface area (Å²) in [4.78, 5) is 0. The van der Waals surface area contributed by atoms with Gasteiger partial charge < -0.3 is 4.74 Å². The molecule has 0 N–H and O–H groups in total. The van der Waals surface area contributed by atoms with E-state index >= 15 is 0 Å². The van der Waals surface area contributed by atoms with Crippen molar-refractivity contribution in [2.45, 2.75) is 13.0 Å². The number of hydrogen-bond acceptors (Lipinski definition) is 1. The zero-order valence-electron chi connectivity index (χ0n) is 11.8. The van der Waals surface area contributed by atoms with E-state index in [-0.39, 0.29) is 0 Å². The van der Waals surface area contributed by atoms with Crippen LogP contribution in [0.4, 0.5) is 0 Å². The molecule has 1 aliphatic carbocycles. The molecule has 102 valence electrons. The van der Waals surface area contributed by atoms with E-state index in [1.807, 2.05) is 18.2 Å². The van der Waals surface area contributed by atoms with Crippen molar-refractivity contribution in [3.05, 3.63) is 89.5 Å². The maximum Gasteiger partial charge on any atom is 0.123 e. The normalized spacial score (nSPS) is 11.8. The Morgan fingerprint density at radius 3 is 2.38 bits per heavy atom. The van der Waals surface area contributed by atoms with E-state index in [1.165, 1.54) is 27.8 Å². The molecule has 0 bridgehead atoms. The predicted molar refractivity (Wildman–Crippen MR) is 85.5 cm³/mol. The molecule has 3 aromatic carbocycles. The summed E-state index contributed by atoms with van der Waals surface area (Å²) in [5.41, 5.74) is 6.57. The van der Waals surface area contributed by atoms with E-state index in [4.69, 9.17) is 4.74 Å². The minimum absolute atomic E-state index is 0.619. The van der Waals surface area contributed by atoms with Crippen molar-refractivity contribution in [2.24, 2.45) is 0 Å². The zero-order chi connectivity index (χ0) is 14.1. The summed E-state index contributed by atoms with van der Waals surface area (Å²) in [5, 5.41) is 0. The summed E-state index contributed by atoms with van der Waals surface area (Å²) in [7, 11) is 0. The maximum absolute atomic E-state index is 6.07. The molecule has 4 rings (SSSR count). The molecule has 0 atom stereocenters. The van der Waals surface area contributed by atoms with Crippen LogP contribution in [-0.2, 0) is 13.0 Å². The highest BCUT2D eigenvalue weighted by Gasteiger charge is 2.20. The van der Waals surface area contributed by atoms with Crippen LogP contribution >= 0.6 is 0 Å². The lowest BCUT2D eigenvalue weighted by molar-refractivity contribution is 0.304. The number of benzene rings is 3. The highest BCUT2D eigenvalue weighted by atomic mass is 16.5. The van der Waals surface area contributed by atoms with Crippen LogP contribution in [0.5, 0.6) is 5.75 Å². The Labute approximate surface area is 124 Å².